The Morgan fingerprint density at radius 3 is 2.23 bits per heavy atom. The van der Waals surface area contributed by atoms with Crippen LogP contribution in [0.3, 0.4) is 0 Å². The fourth-order valence-corrected chi connectivity index (χ4v) is 1.58. The number of carbonyl (C=O) groups is 2. The van der Waals surface area contributed by atoms with E-state index < -0.39 is 23.8 Å². The summed E-state index contributed by atoms with van der Waals surface area (Å²) in [5, 5.41) is 17.4. The number of hydrogen-bond donors (Lipinski definition) is 2. The number of carboxylic acids is 2. The van der Waals surface area contributed by atoms with Crippen molar-refractivity contribution in [2.75, 3.05) is 0 Å². The first-order chi connectivity index (χ1) is 6.02. The van der Waals surface area contributed by atoms with Crippen LogP contribution in [0.2, 0.25) is 0 Å². The van der Waals surface area contributed by atoms with Crippen LogP contribution in [0.25, 0.3) is 0 Å². The lowest BCUT2D eigenvalue weighted by molar-refractivity contribution is -0.145. The number of carboxylic acid groups (broad SMARTS) is 2. The highest BCUT2D eigenvalue weighted by molar-refractivity contribution is 5.76. The lowest BCUT2D eigenvalue weighted by Crippen LogP contribution is -2.28. The molecule has 1 rings (SSSR count). The van der Waals surface area contributed by atoms with Gasteiger partial charge >= 0.3 is 11.9 Å². The molecule has 1 aliphatic rings. The largest absolute Gasteiger partial charge is 0.481 e. The molecule has 0 bridgehead atoms. The predicted octanol–water partition coefficient (Wildman–Crippen LogP) is 0.984. The Labute approximate surface area is 75.9 Å². The molecule has 0 aromatic heterocycles. The molecule has 0 aromatic carbocycles. The molecule has 0 saturated heterocycles. The molecule has 0 heterocycles. The zero-order valence-electron chi connectivity index (χ0n) is 7.30. The fraction of sp³-hybridized carbons (Fsp3) is 0.556. The van der Waals surface area contributed by atoms with E-state index >= 15 is 0 Å². The number of hydrogen-bond acceptors (Lipinski definition) is 2. The molecule has 0 amide bonds. The SMILES string of the molecule is CC1CC(C(=O)O)C=CC1C(=O)O. The summed E-state index contributed by atoms with van der Waals surface area (Å²) >= 11 is 0. The van der Waals surface area contributed by atoms with Crippen LogP contribution in [-0.2, 0) is 9.59 Å². The lowest BCUT2D eigenvalue weighted by atomic mass is 9.80. The molecule has 4 nitrogen and oxygen atoms in total. The maximum atomic E-state index is 10.6. The van der Waals surface area contributed by atoms with Gasteiger partial charge in [-0.05, 0) is 12.3 Å². The van der Waals surface area contributed by atoms with Crippen molar-refractivity contribution in [3.63, 3.8) is 0 Å². The van der Waals surface area contributed by atoms with Crippen LogP contribution in [0.5, 0.6) is 0 Å². The summed E-state index contributed by atoms with van der Waals surface area (Å²) in [7, 11) is 0. The zero-order valence-corrected chi connectivity index (χ0v) is 7.30. The van der Waals surface area contributed by atoms with Gasteiger partial charge in [0.25, 0.3) is 0 Å². The van der Waals surface area contributed by atoms with E-state index in [9.17, 15) is 9.59 Å². The van der Waals surface area contributed by atoms with Crippen molar-refractivity contribution >= 4 is 11.9 Å². The van der Waals surface area contributed by atoms with Gasteiger partial charge in [0.15, 0.2) is 0 Å². The van der Waals surface area contributed by atoms with E-state index in [0.29, 0.717) is 6.42 Å². The van der Waals surface area contributed by atoms with Crippen molar-refractivity contribution in [1.29, 1.82) is 0 Å². The first-order valence-corrected chi connectivity index (χ1v) is 4.16. The molecular formula is C9H12O4. The molecule has 1 aliphatic carbocycles. The Morgan fingerprint density at radius 1 is 1.23 bits per heavy atom. The molecule has 0 aliphatic heterocycles. The van der Waals surface area contributed by atoms with Crippen LogP contribution in [0.4, 0.5) is 0 Å². The predicted molar refractivity (Wildman–Crippen MR) is 45.2 cm³/mol. The maximum Gasteiger partial charge on any atom is 0.310 e. The van der Waals surface area contributed by atoms with Gasteiger partial charge in [0.2, 0.25) is 0 Å². The van der Waals surface area contributed by atoms with E-state index in [1.165, 1.54) is 12.2 Å². The van der Waals surface area contributed by atoms with Crippen LogP contribution in [0, 0.1) is 17.8 Å². The second-order valence-corrected chi connectivity index (χ2v) is 3.41. The highest BCUT2D eigenvalue weighted by Crippen LogP contribution is 2.28. The summed E-state index contributed by atoms with van der Waals surface area (Å²) in [4.78, 5) is 21.2. The van der Waals surface area contributed by atoms with Crippen molar-refractivity contribution < 1.29 is 19.8 Å². The molecule has 2 N–H and O–H groups in total. The molecule has 4 heteroatoms. The van der Waals surface area contributed by atoms with E-state index in [1.54, 1.807) is 6.92 Å². The Kier molecular flexibility index (Phi) is 2.70. The van der Waals surface area contributed by atoms with Crippen LogP contribution in [0.1, 0.15) is 13.3 Å². The van der Waals surface area contributed by atoms with Crippen molar-refractivity contribution in [2.24, 2.45) is 17.8 Å². The number of aliphatic carboxylic acids is 2. The van der Waals surface area contributed by atoms with Gasteiger partial charge in [0.05, 0.1) is 11.8 Å². The third kappa shape index (κ3) is 2.08. The van der Waals surface area contributed by atoms with Crippen LogP contribution in [-0.4, -0.2) is 22.2 Å². The van der Waals surface area contributed by atoms with E-state index in [2.05, 4.69) is 0 Å². The van der Waals surface area contributed by atoms with Crippen LogP contribution >= 0.6 is 0 Å². The van der Waals surface area contributed by atoms with Gasteiger partial charge in [-0.2, -0.15) is 0 Å². The van der Waals surface area contributed by atoms with Crippen molar-refractivity contribution in [3.8, 4) is 0 Å². The Hall–Kier alpha value is -1.32. The fourth-order valence-electron chi connectivity index (χ4n) is 1.58. The topological polar surface area (TPSA) is 74.6 Å². The highest BCUT2D eigenvalue weighted by atomic mass is 16.4. The van der Waals surface area contributed by atoms with Gasteiger partial charge in [0.1, 0.15) is 0 Å². The second-order valence-electron chi connectivity index (χ2n) is 3.41. The average Bonchev–Trinajstić information content (AvgIpc) is 2.03. The molecule has 0 fully saturated rings. The normalized spacial score (nSPS) is 32.8. The maximum absolute atomic E-state index is 10.6. The van der Waals surface area contributed by atoms with E-state index in [-0.39, 0.29) is 5.92 Å². The molecule has 3 unspecified atom stereocenters. The molecule has 13 heavy (non-hydrogen) atoms. The minimum absolute atomic E-state index is 0.108. The molecule has 0 aromatic rings. The van der Waals surface area contributed by atoms with Crippen LogP contribution < -0.4 is 0 Å². The molecule has 3 atom stereocenters. The van der Waals surface area contributed by atoms with Gasteiger partial charge in [-0.1, -0.05) is 19.1 Å². The quantitative estimate of drug-likeness (QED) is 0.627. The molecular weight excluding hydrogens is 172 g/mol. The van der Waals surface area contributed by atoms with Crippen molar-refractivity contribution in [1.82, 2.24) is 0 Å². The summed E-state index contributed by atoms with van der Waals surface area (Å²) in [6.07, 6.45) is 3.36. The Morgan fingerprint density at radius 2 is 1.85 bits per heavy atom. The standard InChI is InChI=1S/C9H12O4/c1-5-4-6(8(10)11)2-3-7(5)9(12)13/h2-3,5-7H,4H2,1H3,(H,10,11)(H,12,13). The summed E-state index contributed by atoms with van der Waals surface area (Å²) < 4.78 is 0. The molecule has 0 saturated carbocycles. The number of rotatable bonds is 2. The first-order valence-electron chi connectivity index (χ1n) is 4.16. The minimum atomic E-state index is -0.882. The summed E-state index contributed by atoms with van der Waals surface area (Å²) in [5.41, 5.74) is 0. The van der Waals surface area contributed by atoms with Gasteiger partial charge in [-0.15, -0.1) is 0 Å². The highest BCUT2D eigenvalue weighted by Gasteiger charge is 2.30. The molecule has 0 spiro atoms. The minimum Gasteiger partial charge on any atom is -0.481 e. The Balaban J connectivity index is 2.74. The third-order valence-corrected chi connectivity index (χ3v) is 2.39. The van der Waals surface area contributed by atoms with Gasteiger partial charge in [-0.25, -0.2) is 0 Å². The first kappa shape index (κ1) is 9.77. The van der Waals surface area contributed by atoms with Gasteiger partial charge in [-0.3, -0.25) is 9.59 Å². The van der Waals surface area contributed by atoms with Gasteiger partial charge in [0, 0.05) is 0 Å². The van der Waals surface area contributed by atoms with Gasteiger partial charge < -0.3 is 10.2 Å². The summed E-state index contributed by atoms with van der Waals surface area (Å²) in [6.45, 7) is 1.76. The van der Waals surface area contributed by atoms with Crippen molar-refractivity contribution in [3.05, 3.63) is 12.2 Å². The molecule has 0 radical (unpaired) electrons. The third-order valence-electron chi connectivity index (χ3n) is 2.39. The average molecular weight is 184 g/mol. The lowest BCUT2D eigenvalue weighted by Gasteiger charge is -2.24. The van der Waals surface area contributed by atoms with E-state index in [0.717, 1.165) is 0 Å². The van der Waals surface area contributed by atoms with Crippen molar-refractivity contribution in [2.45, 2.75) is 13.3 Å². The smallest absolute Gasteiger partial charge is 0.310 e. The van der Waals surface area contributed by atoms with E-state index in [4.69, 9.17) is 10.2 Å². The monoisotopic (exact) mass is 184 g/mol. The summed E-state index contributed by atoms with van der Waals surface area (Å²) in [5.74, 6) is -2.93. The zero-order chi connectivity index (χ0) is 10.0. The van der Waals surface area contributed by atoms with Crippen LogP contribution in [0.15, 0.2) is 12.2 Å². The summed E-state index contributed by atoms with van der Waals surface area (Å²) in [6, 6.07) is 0. The Bertz CT molecular complexity index is 256. The van der Waals surface area contributed by atoms with E-state index in [1.807, 2.05) is 0 Å². The molecule has 72 valence electrons. The second kappa shape index (κ2) is 3.60.